The van der Waals surface area contributed by atoms with Gasteiger partial charge in [-0.25, -0.2) is 13.6 Å². The molecule has 0 saturated carbocycles. The maximum atomic E-state index is 13.2. The number of amides is 4. The van der Waals surface area contributed by atoms with Crippen LogP contribution in [0.4, 0.5) is 19.3 Å². The van der Waals surface area contributed by atoms with Crippen LogP contribution in [0.5, 0.6) is 0 Å². The molecule has 6 nitrogen and oxygen atoms in total. The molecule has 0 bridgehead atoms. The van der Waals surface area contributed by atoms with Crippen molar-refractivity contribution in [3.05, 3.63) is 65.2 Å². The summed E-state index contributed by atoms with van der Waals surface area (Å²) in [7, 11) is 1.38. The van der Waals surface area contributed by atoms with Crippen LogP contribution < -0.4 is 10.6 Å². The molecule has 1 saturated heterocycles. The summed E-state index contributed by atoms with van der Waals surface area (Å²) in [5.74, 6) is -3.11. The molecule has 3 rings (SSSR count). The second-order valence-electron chi connectivity index (χ2n) is 5.48. The fourth-order valence-corrected chi connectivity index (χ4v) is 2.40. The molecule has 2 N–H and O–H groups in total. The van der Waals surface area contributed by atoms with Gasteiger partial charge < -0.3 is 10.6 Å². The molecule has 0 radical (unpaired) electrons. The van der Waals surface area contributed by atoms with E-state index in [2.05, 4.69) is 10.6 Å². The minimum atomic E-state index is -1.11. The quantitative estimate of drug-likeness (QED) is 0.839. The van der Waals surface area contributed by atoms with E-state index in [1.807, 2.05) is 0 Å². The van der Waals surface area contributed by atoms with Gasteiger partial charge in [-0.2, -0.15) is 0 Å². The van der Waals surface area contributed by atoms with Gasteiger partial charge in [-0.1, -0.05) is 12.1 Å². The zero-order chi connectivity index (χ0) is 18.1. The number of anilines is 1. The van der Waals surface area contributed by atoms with Gasteiger partial charge >= 0.3 is 6.03 Å². The van der Waals surface area contributed by atoms with Gasteiger partial charge in [0.05, 0.1) is 0 Å². The summed E-state index contributed by atoms with van der Waals surface area (Å²) in [6.45, 7) is 0. The van der Waals surface area contributed by atoms with Crippen molar-refractivity contribution in [1.82, 2.24) is 10.2 Å². The molecule has 1 fully saturated rings. The van der Waals surface area contributed by atoms with Crippen LogP contribution in [-0.4, -0.2) is 29.8 Å². The average Bonchev–Trinajstić information content (AvgIpc) is 2.85. The SMILES string of the molecule is CN1C(=O)NC(c2ccc(NC(=O)c3ccc(F)c(F)c3)cc2)C1=O. The van der Waals surface area contributed by atoms with Crippen molar-refractivity contribution in [3.63, 3.8) is 0 Å². The van der Waals surface area contributed by atoms with Gasteiger partial charge in [-0.3, -0.25) is 14.5 Å². The molecular weight excluding hydrogens is 332 g/mol. The van der Waals surface area contributed by atoms with E-state index in [1.54, 1.807) is 24.3 Å². The highest BCUT2D eigenvalue weighted by Gasteiger charge is 2.36. The first-order valence-electron chi connectivity index (χ1n) is 7.31. The molecule has 4 amide bonds. The number of hydrogen-bond acceptors (Lipinski definition) is 3. The fraction of sp³-hybridized carbons (Fsp3) is 0.118. The Morgan fingerprint density at radius 3 is 2.32 bits per heavy atom. The van der Waals surface area contributed by atoms with Crippen molar-refractivity contribution in [2.45, 2.75) is 6.04 Å². The molecule has 1 heterocycles. The fourth-order valence-electron chi connectivity index (χ4n) is 2.40. The number of hydrogen-bond donors (Lipinski definition) is 2. The van der Waals surface area contributed by atoms with Crippen LogP contribution >= 0.6 is 0 Å². The molecule has 128 valence electrons. The highest BCUT2D eigenvalue weighted by atomic mass is 19.2. The van der Waals surface area contributed by atoms with E-state index in [4.69, 9.17) is 0 Å². The Labute approximate surface area is 141 Å². The largest absolute Gasteiger partial charge is 0.324 e. The smallest absolute Gasteiger partial charge is 0.322 e. The Hall–Kier alpha value is -3.29. The number of urea groups is 1. The molecule has 0 aliphatic carbocycles. The lowest BCUT2D eigenvalue weighted by atomic mass is 10.1. The van der Waals surface area contributed by atoms with Crippen molar-refractivity contribution >= 4 is 23.5 Å². The van der Waals surface area contributed by atoms with E-state index in [-0.39, 0.29) is 11.5 Å². The molecular formula is C17H13F2N3O3. The van der Waals surface area contributed by atoms with Gasteiger partial charge in [0.2, 0.25) is 0 Å². The van der Waals surface area contributed by atoms with Gasteiger partial charge in [0.15, 0.2) is 11.6 Å². The van der Waals surface area contributed by atoms with E-state index in [0.717, 1.165) is 17.0 Å². The lowest BCUT2D eigenvalue weighted by molar-refractivity contribution is -0.126. The molecule has 8 heteroatoms. The minimum absolute atomic E-state index is 0.0252. The summed E-state index contributed by atoms with van der Waals surface area (Å²) >= 11 is 0. The molecule has 2 aromatic rings. The number of likely N-dealkylation sites (N-methyl/N-ethyl adjacent to an activating group) is 1. The minimum Gasteiger partial charge on any atom is -0.322 e. The van der Waals surface area contributed by atoms with E-state index >= 15 is 0 Å². The van der Waals surface area contributed by atoms with Crippen LogP contribution in [0.2, 0.25) is 0 Å². The van der Waals surface area contributed by atoms with Crippen molar-refractivity contribution in [2.75, 3.05) is 12.4 Å². The topological polar surface area (TPSA) is 78.5 Å². The van der Waals surface area contributed by atoms with Crippen LogP contribution in [-0.2, 0) is 4.79 Å². The third-order valence-electron chi connectivity index (χ3n) is 3.83. The number of nitrogens with zero attached hydrogens (tertiary/aromatic N) is 1. The molecule has 0 aromatic heterocycles. The third kappa shape index (κ3) is 3.18. The first kappa shape index (κ1) is 16.6. The van der Waals surface area contributed by atoms with Crippen molar-refractivity contribution < 1.29 is 23.2 Å². The second-order valence-corrected chi connectivity index (χ2v) is 5.48. The number of nitrogens with one attached hydrogen (secondary N) is 2. The number of carbonyl (C=O) groups is 3. The second kappa shape index (κ2) is 6.31. The zero-order valence-electron chi connectivity index (χ0n) is 13.0. The Kier molecular flexibility index (Phi) is 4.18. The van der Waals surface area contributed by atoms with Crippen molar-refractivity contribution in [3.8, 4) is 0 Å². The number of rotatable bonds is 3. The molecule has 1 atom stereocenters. The van der Waals surface area contributed by atoms with Gasteiger partial charge in [-0.15, -0.1) is 0 Å². The van der Waals surface area contributed by atoms with Gasteiger partial charge in [0, 0.05) is 18.3 Å². The summed E-state index contributed by atoms with van der Waals surface area (Å²) in [5, 5.41) is 5.08. The zero-order valence-corrected chi connectivity index (χ0v) is 13.0. The van der Waals surface area contributed by atoms with Crippen molar-refractivity contribution in [2.24, 2.45) is 0 Å². The number of benzene rings is 2. The van der Waals surface area contributed by atoms with E-state index in [9.17, 15) is 23.2 Å². The molecule has 1 aliphatic rings. The Morgan fingerprint density at radius 2 is 1.76 bits per heavy atom. The molecule has 1 unspecified atom stereocenters. The summed E-state index contributed by atoms with van der Waals surface area (Å²) in [6, 6.07) is 7.87. The first-order valence-corrected chi connectivity index (χ1v) is 7.31. The van der Waals surface area contributed by atoms with Crippen LogP contribution in [0.15, 0.2) is 42.5 Å². The normalized spacial score (nSPS) is 16.8. The molecule has 25 heavy (non-hydrogen) atoms. The highest BCUT2D eigenvalue weighted by molar-refractivity contribution is 6.05. The van der Waals surface area contributed by atoms with E-state index < -0.39 is 29.6 Å². The first-order chi connectivity index (χ1) is 11.9. The van der Waals surface area contributed by atoms with Crippen LogP contribution in [0.1, 0.15) is 22.0 Å². The predicted octanol–water partition coefficient (Wildman–Crippen LogP) is 2.44. The standard InChI is InChI=1S/C17H13F2N3O3/c1-22-16(24)14(21-17(22)25)9-2-5-11(6-3-9)20-15(23)10-4-7-12(18)13(19)8-10/h2-8,14H,1H3,(H,20,23)(H,21,25). The highest BCUT2D eigenvalue weighted by Crippen LogP contribution is 2.22. The summed E-state index contributed by atoms with van der Waals surface area (Å²) in [6.07, 6.45) is 0. The number of halogens is 2. The number of carbonyl (C=O) groups excluding carboxylic acids is 3. The lowest BCUT2D eigenvalue weighted by Gasteiger charge is -2.10. The summed E-state index contributed by atoms with van der Waals surface area (Å²) < 4.78 is 26.1. The average molecular weight is 345 g/mol. The predicted molar refractivity (Wildman–Crippen MR) is 84.8 cm³/mol. The van der Waals surface area contributed by atoms with Crippen LogP contribution in [0, 0.1) is 11.6 Å². The maximum absolute atomic E-state index is 13.2. The van der Waals surface area contributed by atoms with Crippen LogP contribution in [0.3, 0.4) is 0 Å². The summed E-state index contributed by atoms with van der Waals surface area (Å²) in [5.41, 5.74) is 0.944. The molecule has 0 spiro atoms. The Morgan fingerprint density at radius 1 is 1.08 bits per heavy atom. The van der Waals surface area contributed by atoms with Crippen LogP contribution in [0.25, 0.3) is 0 Å². The maximum Gasteiger partial charge on any atom is 0.324 e. The third-order valence-corrected chi connectivity index (χ3v) is 3.83. The van der Waals surface area contributed by atoms with Gasteiger partial charge in [0.1, 0.15) is 6.04 Å². The van der Waals surface area contributed by atoms with Gasteiger partial charge in [-0.05, 0) is 35.9 Å². The monoisotopic (exact) mass is 345 g/mol. The molecule has 1 aliphatic heterocycles. The Balaban J connectivity index is 1.72. The van der Waals surface area contributed by atoms with E-state index in [0.29, 0.717) is 11.3 Å². The Bertz CT molecular complexity index is 868. The molecule has 2 aromatic carbocycles. The lowest BCUT2D eigenvalue weighted by Crippen LogP contribution is -2.25. The van der Waals surface area contributed by atoms with E-state index in [1.165, 1.54) is 13.1 Å². The number of imide groups is 1. The van der Waals surface area contributed by atoms with Gasteiger partial charge in [0.25, 0.3) is 11.8 Å². The van der Waals surface area contributed by atoms with Crippen molar-refractivity contribution in [1.29, 1.82) is 0 Å². The summed E-state index contributed by atoms with van der Waals surface area (Å²) in [4.78, 5) is 36.4.